The van der Waals surface area contributed by atoms with Crippen LogP contribution in [0.4, 0.5) is 5.69 Å². The number of primary amides is 1. The number of carbonyl (C=O) groups is 1. The Morgan fingerprint density at radius 3 is 2.43 bits per heavy atom. The van der Waals surface area contributed by atoms with Gasteiger partial charge < -0.3 is 15.6 Å². The first-order valence-electron chi connectivity index (χ1n) is 5.97. The molecule has 1 amide bonds. The lowest BCUT2D eigenvalue weighted by Gasteiger charge is -2.08. The molecule has 0 heterocycles. The Bertz CT molecular complexity index is 682. The molecule has 0 aliphatic carbocycles. The molecule has 0 unspecified atom stereocenters. The largest absolute Gasteiger partial charge is 0.450 e. The van der Waals surface area contributed by atoms with E-state index in [1.54, 1.807) is 24.3 Å². The highest BCUT2D eigenvalue weighted by Gasteiger charge is 2.18. The molecule has 7 nitrogen and oxygen atoms in total. The molecule has 0 aliphatic heterocycles. The summed E-state index contributed by atoms with van der Waals surface area (Å²) in [6.07, 6.45) is 0. The van der Waals surface area contributed by atoms with E-state index in [0.29, 0.717) is 11.3 Å². The van der Waals surface area contributed by atoms with Crippen molar-refractivity contribution in [1.29, 1.82) is 0 Å². The third kappa shape index (κ3) is 3.34. The second kappa shape index (κ2) is 6.02. The van der Waals surface area contributed by atoms with Crippen molar-refractivity contribution >= 4 is 11.6 Å². The van der Waals surface area contributed by atoms with Crippen molar-refractivity contribution in [3.63, 3.8) is 0 Å². The van der Waals surface area contributed by atoms with Gasteiger partial charge in [0.1, 0.15) is 5.75 Å². The molecule has 7 heteroatoms. The summed E-state index contributed by atoms with van der Waals surface area (Å²) in [5.74, 6) is -0.435. The van der Waals surface area contributed by atoms with E-state index in [2.05, 4.69) is 0 Å². The molecule has 2 aromatic rings. The van der Waals surface area contributed by atoms with Crippen LogP contribution in [0.25, 0.3) is 0 Å². The molecule has 0 aromatic heterocycles. The van der Waals surface area contributed by atoms with Crippen LogP contribution in [0.3, 0.4) is 0 Å². The highest BCUT2D eigenvalue weighted by molar-refractivity contribution is 5.93. The highest BCUT2D eigenvalue weighted by atomic mass is 16.6. The molecule has 0 radical (unpaired) electrons. The summed E-state index contributed by atoms with van der Waals surface area (Å²) in [5, 5.41) is 19.9. The Balaban J connectivity index is 2.37. The SMILES string of the molecule is NC(=O)c1ccc([N+](=O)[O-])c(Oc2ccc(CO)cc2)c1. The minimum absolute atomic E-state index is 0.0759. The summed E-state index contributed by atoms with van der Waals surface area (Å²) >= 11 is 0. The number of benzene rings is 2. The Kier molecular flexibility index (Phi) is 4.15. The molecule has 21 heavy (non-hydrogen) atoms. The van der Waals surface area contributed by atoms with E-state index in [9.17, 15) is 14.9 Å². The number of nitro benzene ring substituents is 1. The Hall–Kier alpha value is -2.93. The topological polar surface area (TPSA) is 116 Å². The normalized spacial score (nSPS) is 10.1. The second-order valence-electron chi connectivity index (χ2n) is 4.21. The van der Waals surface area contributed by atoms with Gasteiger partial charge in [-0.15, -0.1) is 0 Å². The van der Waals surface area contributed by atoms with E-state index in [0.717, 1.165) is 6.07 Å². The monoisotopic (exact) mass is 288 g/mol. The molecule has 2 rings (SSSR count). The molecule has 0 aliphatic rings. The average molecular weight is 288 g/mol. The molecular weight excluding hydrogens is 276 g/mol. The Morgan fingerprint density at radius 1 is 1.24 bits per heavy atom. The molecule has 0 saturated heterocycles. The van der Waals surface area contributed by atoms with Gasteiger partial charge in [0.05, 0.1) is 11.5 Å². The molecule has 0 bridgehead atoms. The fraction of sp³-hybridized carbons (Fsp3) is 0.0714. The molecule has 2 aromatic carbocycles. The zero-order valence-corrected chi connectivity index (χ0v) is 10.9. The van der Waals surface area contributed by atoms with Gasteiger partial charge in [0.25, 0.3) is 0 Å². The Morgan fingerprint density at radius 2 is 1.90 bits per heavy atom. The maximum absolute atomic E-state index is 11.1. The van der Waals surface area contributed by atoms with Crippen LogP contribution in [0.15, 0.2) is 42.5 Å². The third-order valence-electron chi connectivity index (χ3n) is 2.77. The van der Waals surface area contributed by atoms with Crippen LogP contribution in [-0.4, -0.2) is 15.9 Å². The first-order chi connectivity index (χ1) is 10.0. The van der Waals surface area contributed by atoms with Crippen molar-refractivity contribution in [2.45, 2.75) is 6.61 Å². The number of nitrogens with zero attached hydrogens (tertiary/aromatic N) is 1. The number of hydrogen-bond acceptors (Lipinski definition) is 5. The van der Waals surface area contributed by atoms with E-state index in [4.69, 9.17) is 15.6 Å². The molecular formula is C14H12N2O5. The van der Waals surface area contributed by atoms with Crippen LogP contribution in [-0.2, 0) is 6.61 Å². The van der Waals surface area contributed by atoms with Gasteiger partial charge in [-0.3, -0.25) is 14.9 Å². The fourth-order valence-electron chi connectivity index (χ4n) is 1.69. The quantitative estimate of drug-likeness (QED) is 0.644. The molecule has 0 atom stereocenters. The van der Waals surface area contributed by atoms with Gasteiger partial charge in [-0.2, -0.15) is 0 Å². The van der Waals surface area contributed by atoms with Gasteiger partial charge in [0.15, 0.2) is 0 Å². The number of nitrogens with two attached hydrogens (primary N) is 1. The smallest absolute Gasteiger partial charge is 0.311 e. The molecule has 0 saturated carbocycles. The first-order valence-corrected chi connectivity index (χ1v) is 5.97. The maximum Gasteiger partial charge on any atom is 0.311 e. The van der Waals surface area contributed by atoms with Crippen LogP contribution in [0.2, 0.25) is 0 Å². The summed E-state index contributed by atoms with van der Waals surface area (Å²) in [6, 6.07) is 10.0. The summed E-state index contributed by atoms with van der Waals surface area (Å²) in [6.45, 7) is -0.114. The lowest BCUT2D eigenvalue weighted by atomic mass is 10.2. The van der Waals surface area contributed by atoms with Gasteiger partial charge >= 0.3 is 5.69 Å². The first kappa shape index (κ1) is 14.5. The summed E-state index contributed by atoms with van der Waals surface area (Å²) in [4.78, 5) is 21.5. The predicted octanol–water partition coefficient (Wildman–Crippen LogP) is 1.98. The third-order valence-corrected chi connectivity index (χ3v) is 2.77. The number of hydrogen-bond donors (Lipinski definition) is 2. The number of ether oxygens (including phenoxy) is 1. The summed E-state index contributed by atoms with van der Waals surface area (Å²) in [7, 11) is 0. The zero-order chi connectivity index (χ0) is 15.4. The van der Waals surface area contributed by atoms with Crippen molar-refractivity contribution in [3.8, 4) is 11.5 Å². The second-order valence-corrected chi connectivity index (χ2v) is 4.21. The van der Waals surface area contributed by atoms with Crippen LogP contribution >= 0.6 is 0 Å². The summed E-state index contributed by atoms with van der Waals surface area (Å²) in [5.41, 5.74) is 5.67. The minimum Gasteiger partial charge on any atom is -0.450 e. The summed E-state index contributed by atoms with van der Waals surface area (Å²) < 4.78 is 5.43. The number of nitro groups is 1. The van der Waals surface area contributed by atoms with Crippen molar-refractivity contribution < 1.29 is 19.6 Å². The number of carbonyl (C=O) groups excluding carboxylic acids is 1. The van der Waals surface area contributed by atoms with E-state index in [1.165, 1.54) is 12.1 Å². The van der Waals surface area contributed by atoms with E-state index < -0.39 is 10.8 Å². The van der Waals surface area contributed by atoms with Crippen LogP contribution < -0.4 is 10.5 Å². The van der Waals surface area contributed by atoms with Gasteiger partial charge in [-0.25, -0.2) is 0 Å². The van der Waals surface area contributed by atoms with E-state index >= 15 is 0 Å². The van der Waals surface area contributed by atoms with Crippen molar-refractivity contribution in [3.05, 3.63) is 63.7 Å². The van der Waals surface area contributed by atoms with E-state index in [1.807, 2.05) is 0 Å². The van der Waals surface area contributed by atoms with Crippen LogP contribution in [0.5, 0.6) is 11.5 Å². The molecule has 108 valence electrons. The van der Waals surface area contributed by atoms with E-state index in [-0.39, 0.29) is 23.6 Å². The fourth-order valence-corrected chi connectivity index (χ4v) is 1.69. The van der Waals surface area contributed by atoms with Crippen LogP contribution in [0, 0.1) is 10.1 Å². The predicted molar refractivity (Wildman–Crippen MR) is 74.1 cm³/mol. The number of rotatable bonds is 5. The van der Waals surface area contributed by atoms with Gasteiger partial charge in [0.2, 0.25) is 11.7 Å². The van der Waals surface area contributed by atoms with Crippen molar-refractivity contribution in [1.82, 2.24) is 0 Å². The minimum atomic E-state index is -0.703. The number of amides is 1. The van der Waals surface area contributed by atoms with Gasteiger partial charge in [0, 0.05) is 17.7 Å². The van der Waals surface area contributed by atoms with Crippen LogP contribution in [0.1, 0.15) is 15.9 Å². The number of aliphatic hydroxyl groups excluding tert-OH is 1. The zero-order valence-electron chi connectivity index (χ0n) is 10.9. The van der Waals surface area contributed by atoms with Crippen molar-refractivity contribution in [2.24, 2.45) is 5.73 Å². The number of aliphatic hydroxyl groups is 1. The molecule has 0 spiro atoms. The maximum atomic E-state index is 11.1. The average Bonchev–Trinajstić information content (AvgIpc) is 2.47. The highest BCUT2D eigenvalue weighted by Crippen LogP contribution is 2.32. The van der Waals surface area contributed by atoms with Crippen molar-refractivity contribution in [2.75, 3.05) is 0 Å². The lowest BCUT2D eigenvalue weighted by Crippen LogP contribution is -2.11. The van der Waals surface area contributed by atoms with Gasteiger partial charge in [-0.1, -0.05) is 12.1 Å². The standard InChI is InChI=1S/C14H12N2O5/c15-14(18)10-3-6-12(16(19)20)13(7-10)21-11-4-1-9(8-17)2-5-11/h1-7,17H,8H2,(H2,15,18). The molecule has 3 N–H and O–H groups in total. The van der Waals surface area contributed by atoms with Gasteiger partial charge in [-0.05, 0) is 23.8 Å². The lowest BCUT2D eigenvalue weighted by molar-refractivity contribution is -0.385. The molecule has 0 fully saturated rings. The Labute approximate surface area is 119 Å².